The second-order valence-electron chi connectivity index (χ2n) is 7.52. The van der Waals surface area contributed by atoms with Gasteiger partial charge in [0.1, 0.15) is 11.3 Å². The summed E-state index contributed by atoms with van der Waals surface area (Å²) in [5.74, 6) is 1.18. The van der Waals surface area contributed by atoms with Gasteiger partial charge in [-0.05, 0) is 49.2 Å². The number of fused-ring (bicyclic) bond motifs is 1. The van der Waals surface area contributed by atoms with Crippen LogP contribution in [0.1, 0.15) is 12.8 Å². The van der Waals surface area contributed by atoms with Crippen LogP contribution in [-0.4, -0.2) is 38.8 Å². The van der Waals surface area contributed by atoms with Crippen molar-refractivity contribution in [2.75, 3.05) is 23.8 Å². The molecule has 1 fully saturated rings. The van der Waals surface area contributed by atoms with E-state index in [-0.39, 0.29) is 6.04 Å². The highest BCUT2D eigenvalue weighted by atomic mass is 35.5. The molecule has 0 unspecified atom stereocenters. The molecule has 0 spiro atoms. The van der Waals surface area contributed by atoms with Crippen molar-refractivity contribution in [3.05, 3.63) is 59.8 Å². The lowest BCUT2D eigenvalue weighted by Gasteiger charge is -2.33. The van der Waals surface area contributed by atoms with Crippen LogP contribution in [0.2, 0.25) is 5.02 Å². The van der Waals surface area contributed by atoms with Crippen molar-refractivity contribution in [3.63, 3.8) is 0 Å². The summed E-state index contributed by atoms with van der Waals surface area (Å²) in [6.45, 7) is 1.64. The summed E-state index contributed by atoms with van der Waals surface area (Å²) in [4.78, 5) is 14.1. The van der Waals surface area contributed by atoms with Crippen molar-refractivity contribution in [1.29, 1.82) is 0 Å². The molecule has 0 radical (unpaired) electrons. The Morgan fingerprint density at radius 2 is 1.83 bits per heavy atom. The highest BCUT2D eigenvalue weighted by Crippen LogP contribution is 2.30. The number of hydrogen-bond donors (Lipinski definition) is 2. The van der Waals surface area contributed by atoms with Gasteiger partial charge in [0, 0.05) is 35.9 Å². The molecule has 1 saturated heterocycles. The Morgan fingerprint density at radius 1 is 1.00 bits per heavy atom. The van der Waals surface area contributed by atoms with E-state index in [4.69, 9.17) is 33.0 Å². The smallest absolute Gasteiger partial charge is 0.180 e. The number of rotatable bonds is 3. The number of anilines is 1. The van der Waals surface area contributed by atoms with Gasteiger partial charge in [-0.2, -0.15) is 0 Å². The summed E-state index contributed by atoms with van der Waals surface area (Å²) in [6, 6.07) is 15.7. The number of halogens is 1. The van der Waals surface area contributed by atoms with E-state index in [9.17, 15) is 0 Å². The van der Waals surface area contributed by atoms with Gasteiger partial charge in [0.05, 0.1) is 11.3 Å². The molecule has 152 valence electrons. The van der Waals surface area contributed by atoms with E-state index >= 15 is 0 Å². The molecule has 1 aliphatic rings. The molecular formula is C22H22ClN7. The van der Waals surface area contributed by atoms with Crippen LogP contribution in [-0.2, 0) is 0 Å². The van der Waals surface area contributed by atoms with Gasteiger partial charge in [-0.1, -0.05) is 23.7 Å². The van der Waals surface area contributed by atoms with Gasteiger partial charge in [-0.15, -0.1) is 0 Å². The van der Waals surface area contributed by atoms with E-state index in [0.717, 1.165) is 59.7 Å². The third kappa shape index (κ3) is 3.36. The molecule has 1 aromatic carbocycles. The minimum Gasteiger partial charge on any atom is -0.383 e. The fraction of sp³-hybridized carbons (Fsp3) is 0.227. The first-order valence-corrected chi connectivity index (χ1v) is 10.3. The molecule has 0 aliphatic carbocycles. The van der Waals surface area contributed by atoms with Crippen LogP contribution < -0.4 is 16.5 Å². The number of nitrogens with two attached hydrogens (primary N) is 2. The summed E-state index contributed by atoms with van der Waals surface area (Å²) >= 11 is 6.19. The van der Waals surface area contributed by atoms with Crippen molar-refractivity contribution in [1.82, 2.24) is 19.6 Å². The molecule has 0 bridgehead atoms. The predicted molar refractivity (Wildman–Crippen MR) is 121 cm³/mol. The van der Waals surface area contributed by atoms with Crippen LogP contribution in [0.3, 0.4) is 0 Å². The first-order valence-electron chi connectivity index (χ1n) is 9.97. The van der Waals surface area contributed by atoms with E-state index in [1.54, 1.807) is 6.20 Å². The number of imidazole rings is 1. The maximum absolute atomic E-state index is 6.19. The Morgan fingerprint density at radius 3 is 2.60 bits per heavy atom. The van der Waals surface area contributed by atoms with Crippen molar-refractivity contribution < 1.29 is 0 Å². The Labute approximate surface area is 179 Å². The van der Waals surface area contributed by atoms with E-state index < -0.39 is 0 Å². The summed E-state index contributed by atoms with van der Waals surface area (Å²) < 4.78 is 2.07. The normalized spacial score (nSPS) is 15.1. The second-order valence-corrected chi connectivity index (χ2v) is 7.96. The molecule has 8 heteroatoms. The van der Waals surface area contributed by atoms with Gasteiger partial charge in [0.25, 0.3) is 0 Å². The number of nitrogens with zero attached hydrogens (tertiary/aromatic N) is 5. The lowest BCUT2D eigenvalue weighted by molar-refractivity contribution is 0.439. The number of piperidine rings is 1. The molecule has 3 aromatic heterocycles. The van der Waals surface area contributed by atoms with Gasteiger partial charge in [0.2, 0.25) is 0 Å². The Kier molecular flexibility index (Phi) is 4.77. The standard InChI is InChI=1S/C22H22ClN7/c23-15-4-1-3-14(13-15)18-6-7-19-22(27-18)30(29-11-8-16(24)9-12-29)21(28-19)17-5-2-10-26-20(17)25/h1-7,10,13,16H,8-9,11-12,24H2,(H2,25,26). The molecule has 0 atom stereocenters. The highest BCUT2D eigenvalue weighted by Gasteiger charge is 2.24. The highest BCUT2D eigenvalue weighted by molar-refractivity contribution is 6.30. The molecule has 5 rings (SSSR count). The fourth-order valence-electron chi connectivity index (χ4n) is 3.89. The zero-order valence-corrected chi connectivity index (χ0v) is 17.1. The van der Waals surface area contributed by atoms with Crippen LogP contribution in [0, 0.1) is 0 Å². The topological polar surface area (TPSA) is 98.9 Å². The van der Waals surface area contributed by atoms with Gasteiger partial charge >= 0.3 is 0 Å². The molecule has 0 amide bonds. The molecule has 4 N–H and O–H groups in total. The lowest BCUT2D eigenvalue weighted by atomic mass is 10.1. The maximum Gasteiger partial charge on any atom is 0.180 e. The first kappa shape index (κ1) is 18.8. The van der Waals surface area contributed by atoms with E-state index in [0.29, 0.717) is 10.8 Å². The quantitative estimate of drug-likeness (QED) is 0.527. The summed E-state index contributed by atoms with van der Waals surface area (Å²) in [5.41, 5.74) is 16.5. The number of pyridine rings is 2. The van der Waals surface area contributed by atoms with Crippen LogP contribution >= 0.6 is 11.6 Å². The average Bonchev–Trinajstić information content (AvgIpc) is 3.13. The fourth-order valence-corrected chi connectivity index (χ4v) is 4.08. The number of hydrogen-bond acceptors (Lipinski definition) is 6. The van der Waals surface area contributed by atoms with Gasteiger partial charge in [-0.25, -0.2) is 19.6 Å². The second kappa shape index (κ2) is 7.59. The van der Waals surface area contributed by atoms with Crippen molar-refractivity contribution >= 4 is 28.6 Å². The minimum atomic E-state index is 0.220. The molecule has 4 aromatic rings. The van der Waals surface area contributed by atoms with Crippen molar-refractivity contribution in [2.45, 2.75) is 18.9 Å². The summed E-state index contributed by atoms with van der Waals surface area (Å²) in [6.07, 6.45) is 3.51. The van der Waals surface area contributed by atoms with Crippen molar-refractivity contribution in [3.8, 4) is 22.6 Å². The maximum atomic E-state index is 6.19. The summed E-state index contributed by atoms with van der Waals surface area (Å²) in [7, 11) is 0. The minimum absolute atomic E-state index is 0.220. The third-order valence-corrected chi connectivity index (χ3v) is 5.72. The zero-order chi connectivity index (χ0) is 20.7. The predicted octanol–water partition coefficient (Wildman–Crippen LogP) is 3.46. The molecule has 30 heavy (non-hydrogen) atoms. The molecule has 4 heterocycles. The SMILES string of the molecule is Nc1ncccc1-c1nc2ccc(-c3cccc(Cl)c3)nc2n1N1CCC(N)CC1. The van der Waals surface area contributed by atoms with Crippen LogP contribution in [0.15, 0.2) is 54.7 Å². The van der Waals surface area contributed by atoms with Gasteiger partial charge in [-0.3, -0.25) is 0 Å². The number of benzene rings is 1. The molecule has 1 aliphatic heterocycles. The summed E-state index contributed by atoms with van der Waals surface area (Å²) in [5, 5.41) is 2.92. The Balaban J connectivity index is 1.71. The average molecular weight is 420 g/mol. The van der Waals surface area contributed by atoms with Crippen LogP contribution in [0.25, 0.3) is 33.8 Å². The molecule has 7 nitrogen and oxygen atoms in total. The van der Waals surface area contributed by atoms with Crippen LogP contribution in [0.4, 0.5) is 5.82 Å². The van der Waals surface area contributed by atoms with Crippen molar-refractivity contribution in [2.24, 2.45) is 5.73 Å². The number of nitrogen functional groups attached to an aromatic ring is 1. The lowest BCUT2D eigenvalue weighted by Crippen LogP contribution is -2.45. The molecular weight excluding hydrogens is 398 g/mol. The van der Waals surface area contributed by atoms with E-state index in [1.807, 2.05) is 48.5 Å². The van der Waals surface area contributed by atoms with Gasteiger partial charge in [0.15, 0.2) is 11.5 Å². The van der Waals surface area contributed by atoms with E-state index in [2.05, 4.69) is 14.7 Å². The number of aromatic nitrogens is 4. The first-order chi connectivity index (χ1) is 14.6. The van der Waals surface area contributed by atoms with Crippen LogP contribution in [0.5, 0.6) is 0 Å². The zero-order valence-electron chi connectivity index (χ0n) is 16.4. The van der Waals surface area contributed by atoms with E-state index in [1.165, 1.54) is 0 Å². The Bertz CT molecular complexity index is 1210. The largest absolute Gasteiger partial charge is 0.383 e. The van der Waals surface area contributed by atoms with Gasteiger partial charge < -0.3 is 16.5 Å². The monoisotopic (exact) mass is 419 g/mol. The Hall–Kier alpha value is -3.16. The third-order valence-electron chi connectivity index (χ3n) is 5.48. The molecule has 0 saturated carbocycles.